The lowest BCUT2D eigenvalue weighted by Gasteiger charge is -2.18. The van der Waals surface area contributed by atoms with Crippen LogP contribution in [-0.2, 0) is 28.6 Å². The fourth-order valence-corrected chi connectivity index (χ4v) is 8.70. The van der Waals surface area contributed by atoms with E-state index in [0.717, 1.165) is 69.6 Å². The van der Waals surface area contributed by atoms with Crippen LogP contribution in [-0.4, -0.2) is 37.2 Å². The number of rotatable bonds is 51. The smallest absolute Gasteiger partial charge is 0.306 e. The lowest BCUT2D eigenvalue weighted by atomic mass is 10.0. The highest BCUT2D eigenvalue weighted by Gasteiger charge is 2.19. The summed E-state index contributed by atoms with van der Waals surface area (Å²) in [5.41, 5.74) is 0. The molecule has 0 aromatic carbocycles. The van der Waals surface area contributed by atoms with Crippen LogP contribution in [0, 0.1) is 11.8 Å². The molecule has 374 valence electrons. The number of carbonyl (C=O) groups excluding carboxylic acids is 3. The largest absolute Gasteiger partial charge is 0.462 e. The molecule has 0 N–H and O–H groups in total. The third-order valence-electron chi connectivity index (χ3n) is 13.0. The van der Waals surface area contributed by atoms with E-state index in [9.17, 15) is 14.4 Å². The van der Waals surface area contributed by atoms with Gasteiger partial charge >= 0.3 is 17.9 Å². The van der Waals surface area contributed by atoms with E-state index in [0.29, 0.717) is 19.3 Å². The van der Waals surface area contributed by atoms with Crippen molar-refractivity contribution in [2.75, 3.05) is 13.2 Å². The van der Waals surface area contributed by atoms with E-state index in [1.165, 1.54) is 205 Å². The Bertz CT molecular complexity index is 962. The maximum atomic E-state index is 12.8. The van der Waals surface area contributed by atoms with Crippen molar-refractivity contribution in [3.63, 3.8) is 0 Å². The predicted molar refractivity (Wildman–Crippen MR) is 270 cm³/mol. The first-order valence-corrected chi connectivity index (χ1v) is 28.2. The van der Waals surface area contributed by atoms with Crippen LogP contribution in [0.1, 0.15) is 317 Å². The molecule has 0 aliphatic rings. The Morgan fingerprint density at radius 3 is 0.778 bits per heavy atom. The third kappa shape index (κ3) is 51.3. The number of esters is 3. The molecule has 0 heterocycles. The Hall–Kier alpha value is -1.59. The third-order valence-corrected chi connectivity index (χ3v) is 13.0. The van der Waals surface area contributed by atoms with Crippen LogP contribution in [0.25, 0.3) is 0 Å². The van der Waals surface area contributed by atoms with Crippen molar-refractivity contribution in [2.45, 2.75) is 323 Å². The Balaban J connectivity index is 4.24. The second-order valence-electron chi connectivity index (χ2n) is 20.5. The molecule has 1 atom stereocenters. The molecule has 0 rings (SSSR count). The Morgan fingerprint density at radius 2 is 0.524 bits per heavy atom. The van der Waals surface area contributed by atoms with Crippen LogP contribution in [0.5, 0.6) is 0 Å². The zero-order chi connectivity index (χ0) is 46.1. The highest BCUT2D eigenvalue weighted by Crippen LogP contribution is 2.18. The van der Waals surface area contributed by atoms with Crippen LogP contribution in [0.4, 0.5) is 0 Å². The minimum absolute atomic E-state index is 0.0636. The maximum Gasteiger partial charge on any atom is 0.306 e. The number of hydrogen-bond acceptors (Lipinski definition) is 6. The molecule has 6 nitrogen and oxygen atoms in total. The van der Waals surface area contributed by atoms with Crippen LogP contribution >= 0.6 is 0 Å². The number of ether oxygens (including phenoxy) is 3. The van der Waals surface area contributed by atoms with Gasteiger partial charge in [0.15, 0.2) is 6.10 Å². The van der Waals surface area contributed by atoms with Crippen molar-refractivity contribution in [1.82, 2.24) is 0 Å². The fourth-order valence-electron chi connectivity index (χ4n) is 8.70. The van der Waals surface area contributed by atoms with E-state index >= 15 is 0 Å². The highest BCUT2D eigenvalue weighted by molar-refractivity contribution is 5.71. The van der Waals surface area contributed by atoms with E-state index in [2.05, 4.69) is 34.6 Å². The normalized spacial score (nSPS) is 12.0. The fraction of sp³-hybridized carbons (Fsp3) is 0.947. The van der Waals surface area contributed by atoms with Crippen molar-refractivity contribution < 1.29 is 28.6 Å². The lowest BCUT2D eigenvalue weighted by Crippen LogP contribution is -2.30. The SMILES string of the molecule is CCCCCCCCCCCCCCCCCCCCCC(=O)OC[C@@H](COC(=O)CCCCCCCCCCCCCCC(C)C)OC(=O)CCCCCCCCCCC(C)C. The topological polar surface area (TPSA) is 78.9 Å². The number of unbranched alkanes of at least 4 members (excludes halogenated alkanes) is 36. The number of carbonyl (C=O) groups is 3. The molecule has 0 bridgehead atoms. The highest BCUT2D eigenvalue weighted by atomic mass is 16.6. The Labute approximate surface area is 393 Å². The molecule has 0 radical (unpaired) electrons. The molecule has 0 aromatic rings. The molecule has 0 unspecified atom stereocenters. The van der Waals surface area contributed by atoms with E-state index in [1.54, 1.807) is 0 Å². The molecule has 6 heteroatoms. The van der Waals surface area contributed by atoms with Crippen molar-refractivity contribution in [3.8, 4) is 0 Å². The molecule has 0 fully saturated rings. The monoisotopic (exact) mass is 891 g/mol. The van der Waals surface area contributed by atoms with Crippen molar-refractivity contribution in [1.29, 1.82) is 0 Å². The van der Waals surface area contributed by atoms with Gasteiger partial charge in [-0.1, -0.05) is 279 Å². The average molecular weight is 892 g/mol. The first kappa shape index (κ1) is 61.4. The first-order valence-electron chi connectivity index (χ1n) is 28.2. The van der Waals surface area contributed by atoms with Gasteiger partial charge in [0.25, 0.3) is 0 Å². The van der Waals surface area contributed by atoms with Gasteiger partial charge in [0.1, 0.15) is 13.2 Å². The van der Waals surface area contributed by atoms with Gasteiger partial charge in [0, 0.05) is 19.3 Å². The molecule has 0 aliphatic carbocycles. The maximum absolute atomic E-state index is 12.8. The summed E-state index contributed by atoms with van der Waals surface area (Å²) >= 11 is 0. The van der Waals surface area contributed by atoms with Crippen molar-refractivity contribution in [2.24, 2.45) is 11.8 Å². The second kappa shape index (κ2) is 49.8. The summed E-state index contributed by atoms with van der Waals surface area (Å²) in [5.74, 6) is 0.782. The average Bonchev–Trinajstić information content (AvgIpc) is 3.25. The molecular weight excluding hydrogens is 781 g/mol. The summed E-state index contributed by atoms with van der Waals surface area (Å²) in [6.45, 7) is 11.4. The molecule has 0 amide bonds. The van der Waals surface area contributed by atoms with Gasteiger partial charge in [-0.25, -0.2) is 0 Å². The van der Waals surface area contributed by atoms with Gasteiger partial charge in [-0.05, 0) is 31.1 Å². The zero-order valence-corrected chi connectivity index (χ0v) is 43.2. The van der Waals surface area contributed by atoms with Crippen molar-refractivity contribution >= 4 is 17.9 Å². The zero-order valence-electron chi connectivity index (χ0n) is 43.2. The molecular formula is C57H110O6. The van der Waals surface area contributed by atoms with Gasteiger partial charge in [0.2, 0.25) is 0 Å². The summed E-state index contributed by atoms with van der Waals surface area (Å²) in [7, 11) is 0. The molecule has 63 heavy (non-hydrogen) atoms. The molecule has 0 saturated carbocycles. The second-order valence-corrected chi connectivity index (χ2v) is 20.5. The van der Waals surface area contributed by atoms with Gasteiger partial charge in [-0.15, -0.1) is 0 Å². The minimum Gasteiger partial charge on any atom is -0.462 e. The summed E-state index contributed by atoms with van der Waals surface area (Å²) in [5, 5.41) is 0. The lowest BCUT2D eigenvalue weighted by molar-refractivity contribution is -0.167. The van der Waals surface area contributed by atoms with Crippen LogP contribution in [0.15, 0.2) is 0 Å². The summed E-state index contributed by atoms with van der Waals surface area (Å²) in [6.07, 6.45) is 52.5. The van der Waals surface area contributed by atoms with E-state index in [4.69, 9.17) is 14.2 Å². The van der Waals surface area contributed by atoms with Crippen LogP contribution in [0.2, 0.25) is 0 Å². The van der Waals surface area contributed by atoms with Gasteiger partial charge in [0.05, 0.1) is 0 Å². The molecule has 0 saturated heterocycles. The molecule has 0 aromatic heterocycles. The van der Waals surface area contributed by atoms with Crippen molar-refractivity contribution in [3.05, 3.63) is 0 Å². The van der Waals surface area contributed by atoms with Gasteiger partial charge < -0.3 is 14.2 Å². The molecule has 0 spiro atoms. The standard InChI is InChI=1S/C57H110O6/c1-6-7-8-9-10-11-12-13-14-15-16-17-18-19-23-26-32-37-42-47-55(58)61-50-54(63-57(60)49-44-39-34-29-28-31-36-41-46-53(4)5)51-62-56(59)48-43-38-33-27-24-21-20-22-25-30-35-40-45-52(2)3/h52-54H,6-51H2,1-5H3/t54-/m0/s1. The first-order chi connectivity index (χ1) is 30.7. The Morgan fingerprint density at radius 1 is 0.302 bits per heavy atom. The summed E-state index contributed by atoms with van der Waals surface area (Å²) in [4.78, 5) is 38.0. The minimum atomic E-state index is -0.763. The number of hydrogen-bond donors (Lipinski definition) is 0. The van der Waals surface area contributed by atoms with E-state index in [1.807, 2.05) is 0 Å². The summed E-state index contributed by atoms with van der Waals surface area (Å²) < 4.78 is 16.9. The predicted octanol–water partition coefficient (Wildman–Crippen LogP) is 18.5. The molecule has 0 aliphatic heterocycles. The van der Waals surface area contributed by atoms with Crippen LogP contribution in [0.3, 0.4) is 0 Å². The van der Waals surface area contributed by atoms with E-state index in [-0.39, 0.29) is 31.1 Å². The Kier molecular flexibility index (Phi) is 48.6. The van der Waals surface area contributed by atoms with Gasteiger partial charge in [-0.2, -0.15) is 0 Å². The quantitative estimate of drug-likeness (QED) is 0.0344. The van der Waals surface area contributed by atoms with Gasteiger partial charge in [-0.3, -0.25) is 14.4 Å². The summed E-state index contributed by atoms with van der Waals surface area (Å²) in [6, 6.07) is 0. The van der Waals surface area contributed by atoms with Crippen LogP contribution < -0.4 is 0 Å². The van der Waals surface area contributed by atoms with E-state index < -0.39 is 6.10 Å².